The molecular formula is C11H13NO2. The quantitative estimate of drug-likeness (QED) is 0.541. The highest BCUT2D eigenvalue weighted by molar-refractivity contribution is 5.37. The zero-order valence-electron chi connectivity index (χ0n) is 8.36. The van der Waals surface area contributed by atoms with Gasteiger partial charge in [-0.25, -0.2) is 4.79 Å². The third kappa shape index (κ3) is 2.71. The second kappa shape index (κ2) is 5.20. The monoisotopic (exact) mass is 191 g/mol. The van der Waals surface area contributed by atoms with Crippen LogP contribution in [0.15, 0.2) is 29.3 Å². The lowest BCUT2D eigenvalue weighted by Crippen LogP contribution is -1.94. The number of benzene rings is 1. The van der Waals surface area contributed by atoms with Crippen LogP contribution in [0.1, 0.15) is 25.5 Å². The van der Waals surface area contributed by atoms with Gasteiger partial charge in [0.2, 0.25) is 6.08 Å². The van der Waals surface area contributed by atoms with Crippen molar-refractivity contribution >= 4 is 6.08 Å². The molecule has 0 aliphatic heterocycles. The van der Waals surface area contributed by atoms with Gasteiger partial charge in [-0.3, -0.25) is 0 Å². The Balaban J connectivity index is 2.87. The van der Waals surface area contributed by atoms with E-state index in [2.05, 4.69) is 4.99 Å². The van der Waals surface area contributed by atoms with Crippen LogP contribution in [-0.4, -0.2) is 12.7 Å². The SMILES string of the molecule is CCOc1cccc(C(C)N=C=O)c1. The molecule has 0 fully saturated rings. The molecule has 0 aliphatic carbocycles. The third-order valence-corrected chi connectivity index (χ3v) is 1.90. The van der Waals surface area contributed by atoms with Gasteiger partial charge >= 0.3 is 0 Å². The normalized spacial score (nSPS) is 11.6. The van der Waals surface area contributed by atoms with Crippen molar-refractivity contribution in [3.63, 3.8) is 0 Å². The number of rotatable bonds is 4. The van der Waals surface area contributed by atoms with Crippen molar-refractivity contribution in [1.29, 1.82) is 0 Å². The van der Waals surface area contributed by atoms with Crippen LogP contribution in [0.2, 0.25) is 0 Å². The molecule has 0 saturated carbocycles. The minimum absolute atomic E-state index is 0.159. The first-order valence-electron chi connectivity index (χ1n) is 4.57. The summed E-state index contributed by atoms with van der Waals surface area (Å²) in [7, 11) is 0. The van der Waals surface area contributed by atoms with E-state index in [1.54, 1.807) is 6.08 Å². The van der Waals surface area contributed by atoms with E-state index in [4.69, 9.17) is 4.74 Å². The summed E-state index contributed by atoms with van der Waals surface area (Å²) in [6, 6.07) is 7.40. The van der Waals surface area contributed by atoms with Crippen molar-refractivity contribution in [2.75, 3.05) is 6.61 Å². The number of aliphatic imine (C=N–C) groups is 1. The number of hydrogen-bond donors (Lipinski definition) is 0. The van der Waals surface area contributed by atoms with E-state index in [1.807, 2.05) is 38.1 Å². The van der Waals surface area contributed by atoms with E-state index in [1.165, 1.54) is 0 Å². The number of hydrogen-bond acceptors (Lipinski definition) is 3. The van der Waals surface area contributed by atoms with Gasteiger partial charge in [0.25, 0.3) is 0 Å². The molecule has 0 aliphatic rings. The van der Waals surface area contributed by atoms with Crippen LogP contribution in [-0.2, 0) is 4.79 Å². The molecule has 0 amide bonds. The fraction of sp³-hybridized carbons (Fsp3) is 0.364. The Morgan fingerprint density at radius 3 is 3.00 bits per heavy atom. The summed E-state index contributed by atoms with van der Waals surface area (Å²) in [5.41, 5.74) is 0.958. The lowest BCUT2D eigenvalue weighted by atomic mass is 10.1. The smallest absolute Gasteiger partial charge is 0.235 e. The van der Waals surface area contributed by atoms with Crippen molar-refractivity contribution in [1.82, 2.24) is 0 Å². The van der Waals surface area contributed by atoms with E-state index < -0.39 is 0 Å². The highest BCUT2D eigenvalue weighted by Gasteiger charge is 2.03. The zero-order valence-corrected chi connectivity index (χ0v) is 8.36. The standard InChI is InChI=1S/C11H13NO2/c1-3-14-11-6-4-5-10(7-11)9(2)12-8-13/h4-7,9H,3H2,1-2H3. The second-order valence-electron chi connectivity index (χ2n) is 2.90. The predicted octanol–water partition coefficient (Wildman–Crippen LogP) is 2.48. The van der Waals surface area contributed by atoms with Crippen LogP contribution in [0.25, 0.3) is 0 Å². The molecule has 1 aromatic rings. The van der Waals surface area contributed by atoms with Crippen molar-refractivity contribution in [3.8, 4) is 5.75 Å². The summed E-state index contributed by atoms with van der Waals surface area (Å²) in [4.78, 5) is 13.7. The molecule has 3 heteroatoms. The van der Waals surface area contributed by atoms with E-state index in [-0.39, 0.29) is 6.04 Å². The Hall–Kier alpha value is -1.60. The lowest BCUT2D eigenvalue weighted by molar-refractivity contribution is 0.339. The molecule has 3 nitrogen and oxygen atoms in total. The summed E-state index contributed by atoms with van der Waals surface area (Å²) >= 11 is 0. The van der Waals surface area contributed by atoms with Gasteiger partial charge in [-0.1, -0.05) is 12.1 Å². The molecule has 0 bridgehead atoms. The zero-order chi connectivity index (χ0) is 10.4. The number of ether oxygens (including phenoxy) is 1. The number of carbonyl (C=O) groups excluding carboxylic acids is 1. The Labute approximate surface area is 83.4 Å². The molecule has 14 heavy (non-hydrogen) atoms. The highest BCUT2D eigenvalue weighted by Crippen LogP contribution is 2.21. The van der Waals surface area contributed by atoms with E-state index in [0.29, 0.717) is 6.61 Å². The molecule has 0 spiro atoms. The second-order valence-corrected chi connectivity index (χ2v) is 2.90. The third-order valence-electron chi connectivity index (χ3n) is 1.90. The van der Waals surface area contributed by atoms with E-state index >= 15 is 0 Å². The number of isocyanates is 1. The fourth-order valence-corrected chi connectivity index (χ4v) is 1.18. The molecule has 0 N–H and O–H groups in total. The molecule has 1 unspecified atom stereocenters. The molecule has 74 valence electrons. The lowest BCUT2D eigenvalue weighted by Gasteiger charge is -2.07. The minimum atomic E-state index is -0.159. The minimum Gasteiger partial charge on any atom is -0.494 e. The topological polar surface area (TPSA) is 38.7 Å². The fourth-order valence-electron chi connectivity index (χ4n) is 1.18. The molecule has 1 rings (SSSR count). The average molecular weight is 191 g/mol. The Kier molecular flexibility index (Phi) is 3.89. The van der Waals surface area contributed by atoms with E-state index in [9.17, 15) is 4.79 Å². The maximum Gasteiger partial charge on any atom is 0.235 e. The summed E-state index contributed by atoms with van der Waals surface area (Å²) in [6.07, 6.45) is 1.55. The summed E-state index contributed by atoms with van der Waals surface area (Å²) < 4.78 is 5.33. The van der Waals surface area contributed by atoms with Crippen LogP contribution in [0, 0.1) is 0 Å². The molecule has 1 atom stereocenters. The van der Waals surface area contributed by atoms with Crippen LogP contribution in [0.4, 0.5) is 0 Å². The highest BCUT2D eigenvalue weighted by atomic mass is 16.5. The summed E-state index contributed by atoms with van der Waals surface area (Å²) in [5.74, 6) is 0.804. The maximum atomic E-state index is 10.1. The van der Waals surface area contributed by atoms with Crippen molar-refractivity contribution in [2.24, 2.45) is 4.99 Å². The first kappa shape index (κ1) is 10.5. The molecule has 0 aromatic heterocycles. The van der Waals surface area contributed by atoms with Crippen LogP contribution >= 0.6 is 0 Å². The average Bonchev–Trinajstić information content (AvgIpc) is 2.19. The van der Waals surface area contributed by atoms with Crippen molar-refractivity contribution < 1.29 is 9.53 Å². The van der Waals surface area contributed by atoms with E-state index in [0.717, 1.165) is 11.3 Å². The van der Waals surface area contributed by atoms with Gasteiger partial charge in [0.15, 0.2) is 0 Å². The number of nitrogens with zero attached hydrogens (tertiary/aromatic N) is 1. The summed E-state index contributed by atoms with van der Waals surface area (Å²) in [6.45, 7) is 4.41. The largest absolute Gasteiger partial charge is 0.494 e. The molecule has 0 heterocycles. The maximum absolute atomic E-state index is 10.1. The van der Waals surface area contributed by atoms with Crippen LogP contribution in [0.5, 0.6) is 5.75 Å². The van der Waals surface area contributed by atoms with Crippen LogP contribution in [0.3, 0.4) is 0 Å². The van der Waals surface area contributed by atoms with Crippen molar-refractivity contribution in [2.45, 2.75) is 19.9 Å². The molecular weight excluding hydrogens is 178 g/mol. The van der Waals surface area contributed by atoms with Gasteiger partial charge in [-0.15, -0.1) is 0 Å². The van der Waals surface area contributed by atoms with Crippen LogP contribution < -0.4 is 4.74 Å². The predicted molar refractivity (Wildman–Crippen MR) is 54.1 cm³/mol. The Morgan fingerprint density at radius 2 is 2.36 bits per heavy atom. The molecule has 0 saturated heterocycles. The summed E-state index contributed by atoms with van der Waals surface area (Å²) in [5, 5.41) is 0. The van der Waals surface area contributed by atoms with Gasteiger partial charge < -0.3 is 4.74 Å². The first-order chi connectivity index (χ1) is 6.77. The van der Waals surface area contributed by atoms with Gasteiger partial charge in [0.05, 0.1) is 12.6 Å². The molecule has 0 radical (unpaired) electrons. The van der Waals surface area contributed by atoms with Gasteiger partial charge in [0.1, 0.15) is 5.75 Å². The molecule has 1 aromatic carbocycles. The first-order valence-corrected chi connectivity index (χ1v) is 4.57. The van der Waals surface area contributed by atoms with Gasteiger partial charge in [0, 0.05) is 0 Å². The van der Waals surface area contributed by atoms with Gasteiger partial charge in [-0.05, 0) is 31.5 Å². The Morgan fingerprint density at radius 1 is 1.57 bits per heavy atom. The van der Waals surface area contributed by atoms with Crippen molar-refractivity contribution in [3.05, 3.63) is 29.8 Å². The van der Waals surface area contributed by atoms with Gasteiger partial charge in [-0.2, -0.15) is 4.99 Å². The Bertz CT molecular complexity index is 343.